The van der Waals surface area contributed by atoms with Gasteiger partial charge in [-0.3, -0.25) is 14.2 Å². The van der Waals surface area contributed by atoms with Gasteiger partial charge in [-0.25, -0.2) is 9.67 Å². The number of carbonyl (C=O) groups excluding carboxylic acids is 1. The second-order valence-corrected chi connectivity index (χ2v) is 6.37. The number of amides is 1. The molecule has 4 rings (SSSR count). The van der Waals surface area contributed by atoms with Crippen molar-refractivity contribution in [1.82, 2.24) is 19.3 Å². The third-order valence-electron chi connectivity index (χ3n) is 4.52. The Bertz CT molecular complexity index is 1210. The van der Waals surface area contributed by atoms with E-state index in [0.717, 1.165) is 5.69 Å². The number of rotatable bonds is 6. The fraction of sp³-hybridized carbons (Fsp3) is 0.143. The number of carbonyl (C=O) groups is 1. The van der Waals surface area contributed by atoms with Gasteiger partial charge in [0, 0.05) is 13.0 Å². The number of para-hydroxylation sites is 3. The Morgan fingerprint density at radius 2 is 1.86 bits per heavy atom. The van der Waals surface area contributed by atoms with E-state index in [0.29, 0.717) is 22.5 Å². The summed E-state index contributed by atoms with van der Waals surface area (Å²) >= 11 is 0. The highest BCUT2D eigenvalue weighted by atomic mass is 16.5. The number of anilines is 1. The Hall–Kier alpha value is -3.94. The predicted octanol–water partition coefficient (Wildman–Crippen LogP) is 2.62. The van der Waals surface area contributed by atoms with Gasteiger partial charge in [-0.05, 0) is 24.3 Å². The average Bonchev–Trinajstić information content (AvgIpc) is 3.19. The normalized spacial score (nSPS) is 10.8. The van der Waals surface area contributed by atoms with Crippen LogP contribution in [0.15, 0.2) is 71.9 Å². The lowest BCUT2D eigenvalue weighted by Gasteiger charge is -2.10. The summed E-state index contributed by atoms with van der Waals surface area (Å²) in [6.45, 7) is 0.208. The number of aromatic nitrogens is 4. The van der Waals surface area contributed by atoms with Crippen LogP contribution in [0.2, 0.25) is 0 Å². The number of aryl methyl sites for hydroxylation is 1. The molecule has 8 heteroatoms. The van der Waals surface area contributed by atoms with Crippen LogP contribution in [0.3, 0.4) is 0 Å². The number of nitrogens with zero attached hydrogens (tertiary/aromatic N) is 4. The van der Waals surface area contributed by atoms with Gasteiger partial charge in [-0.15, -0.1) is 0 Å². The van der Waals surface area contributed by atoms with Gasteiger partial charge in [-0.1, -0.05) is 30.3 Å². The molecule has 0 atom stereocenters. The molecule has 0 spiro atoms. The van der Waals surface area contributed by atoms with Crippen molar-refractivity contribution in [3.05, 3.63) is 77.5 Å². The standard InChI is InChI=1S/C21H19N5O3/c1-29-18-10-6-5-9-17(18)24-19(27)11-12-25-14-22-20-16(21(25)28)13-23-26(20)15-7-3-2-4-8-15/h2-10,13-14H,11-12H2,1H3,(H,24,27). The lowest BCUT2D eigenvalue weighted by molar-refractivity contribution is -0.116. The molecule has 1 amide bonds. The van der Waals surface area contributed by atoms with E-state index in [1.165, 1.54) is 17.1 Å². The maximum atomic E-state index is 12.8. The molecule has 0 saturated heterocycles. The lowest BCUT2D eigenvalue weighted by Crippen LogP contribution is -2.23. The summed E-state index contributed by atoms with van der Waals surface area (Å²) in [4.78, 5) is 29.4. The zero-order valence-electron chi connectivity index (χ0n) is 15.8. The molecule has 0 saturated carbocycles. The van der Waals surface area contributed by atoms with Gasteiger partial charge >= 0.3 is 0 Å². The topological polar surface area (TPSA) is 91.0 Å². The third-order valence-corrected chi connectivity index (χ3v) is 4.52. The summed E-state index contributed by atoms with van der Waals surface area (Å²) < 4.78 is 8.26. The van der Waals surface area contributed by atoms with Crippen molar-refractivity contribution in [2.45, 2.75) is 13.0 Å². The van der Waals surface area contributed by atoms with Gasteiger partial charge in [0.05, 0.1) is 31.0 Å². The smallest absolute Gasteiger partial charge is 0.264 e. The Labute approximate surface area is 166 Å². The Morgan fingerprint density at radius 3 is 2.66 bits per heavy atom. The molecule has 8 nitrogen and oxygen atoms in total. The van der Waals surface area contributed by atoms with Crippen molar-refractivity contribution in [3.63, 3.8) is 0 Å². The highest BCUT2D eigenvalue weighted by Gasteiger charge is 2.13. The van der Waals surface area contributed by atoms with Gasteiger partial charge < -0.3 is 10.1 Å². The molecule has 146 valence electrons. The van der Waals surface area contributed by atoms with E-state index in [2.05, 4.69) is 15.4 Å². The van der Waals surface area contributed by atoms with Crippen LogP contribution >= 0.6 is 0 Å². The Morgan fingerprint density at radius 1 is 1.10 bits per heavy atom. The molecule has 0 fully saturated rings. The Kier molecular flexibility index (Phi) is 5.07. The molecule has 0 aliphatic heterocycles. The number of methoxy groups -OCH3 is 1. The quantitative estimate of drug-likeness (QED) is 0.547. The minimum Gasteiger partial charge on any atom is -0.495 e. The molecule has 29 heavy (non-hydrogen) atoms. The zero-order valence-corrected chi connectivity index (χ0v) is 15.8. The van der Waals surface area contributed by atoms with E-state index in [1.807, 2.05) is 42.5 Å². The van der Waals surface area contributed by atoms with E-state index in [9.17, 15) is 9.59 Å². The minimum atomic E-state index is -0.234. The molecule has 4 aromatic rings. The third kappa shape index (κ3) is 3.73. The maximum absolute atomic E-state index is 12.8. The summed E-state index contributed by atoms with van der Waals surface area (Å²) in [6, 6.07) is 16.6. The fourth-order valence-corrected chi connectivity index (χ4v) is 3.05. The van der Waals surface area contributed by atoms with E-state index < -0.39 is 0 Å². The first kappa shape index (κ1) is 18.4. The highest BCUT2D eigenvalue weighted by Crippen LogP contribution is 2.23. The molecule has 0 bridgehead atoms. The number of benzene rings is 2. The van der Waals surface area contributed by atoms with Crippen LogP contribution in [-0.2, 0) is 11.3 Å². The zero-order chi connectivity index (χ0) is 20.2. The van der Waals surface area contributed by atoms with Crippen LogP contribution in [0.25, 0.3) is 16.7 Å². The van der Waals surface area contributed by atoms with Gasteiger partial charge in [-0.2, -0.15) is 5.10 Å². The second-order valence-electron chi connectivity index (χ2n) is 6.37. The van der Waals surface area contributed by atoms with E-state index in [-0.39, 0.29) is 24.4 Å². The van der Waals surface area contributed by atoms with Crippen molar-refractivity contribution >= 4 is 22.6 Å². The van der Waals surface area contributed by atoms with Gasteiger partial charge in [0.2, 0.25) is 5.91 Å². The van der Waals surface area contributed by atoms with Crippen molar-refractivity contribution < 1.29 is 9.53 Å². The SMILES string of the molecule is COc1ccccc1NC(=O)CCn1cnc2c(cnn2-c2ccccc2)c1=O. The van der Waals surface area contributed by atoms with Crippen LogP contribution in [0, 0.1) is 0 Å². The van der Waals surface area contributed by atoms with Crippen LogP contribution in [0.5, 0.6) is 5.75 Å². The van der Waals surface area contributed by atoms with Crippen LogP contribution in [0.1, 0.15) is 6.42 Å². The van der Waals surface area contributed by atoms with Crippen molar-refractivity contribution in [3.8, 4) is 11.4 Å². The van der Waals surface area contributed by atoms with Crippen LogP contribution < -0.4 is 15.6 Å². The largest absolute Gasteiger partial charge is 0.495 e. The van der Waals surface area contributed by atoms with E-state index >= 15 is 0 Å². The first-order chi connectivity index (χ1) is 14.2. The highest BCUT2D eigenvalue weighted by molar-refractivity contribution is 5.92. The molecular weight excluding hydrogens is 370 g/mol. The molecular formula is C21H19N5O3. The molecule has 1 N–H and O–H groups in total. The summed E-state index contributed by atoms with van der Waals surface area (Å²) in [5.74, 6) is 0.357. The molecule has 2 heterocycles. The summed E-state index contributed by atoms with van der Waals surface area (Å²) in [5, 5.41) is 7.49. The van der Waals surface area contributed by atoms with Crippen LogP contribution in [-0.4, -0.2) is 32.3 Å². The number of hydrogen-bond acceptors (Lipinski definition) is 5. The van der Waals surface area contributed by atoms with Crippen molar-refractivity contribution in [2.75, 3.05) is 12.4 Å². The lowest BCUT2D eigenvalue weighted by atomic mass is 10.2. The van der Waals surface area contributed by atoms with E-state index in [1.54, 1.807) is 23.9 Å². The molecule has 2 aromatic carbocycles. The van der Waals surface area contributed by atoms with Gasteiger partial charge in [0.15, 0.2) is 5.65 Å². The summed E-state index contributed by atoms with van der Waals surface area (Å²) in [5.41, 5.74) is 1.66. The van der Waals surface area contributed by atoms with Crippen molar-refractivity contribution in [1.29, 1.82) is 0 Å². The first-order valence-electron chi connectivity index (χ1n) is 9.09. The number of nitrogens with one attached hydrogen (secondary N) is 1. The molecule has 0 aliphatic rings. The van der Waals surface area contributed by atoms with E-state index in [4.69, 9.17) is 4.74 Å². The Balaban J connectivity index is 1.51. The van der Waals surface area contributed by atoms with Gasteiger partial charge in [0.1, 0.15) is 11.1 Å². The minimum absolute atomic E-state index is 0.123. The molecule has 0 unspecified atom stereocenters. The second kappa shape index (κ2) is 7.97. The molecule has 0 aliphatic carbocycles. The summed E-state index contributed by atoms with van der Waals surface area (Å²) in [6.07, 6.45) is 3.07. The number of hydrogen-bond donors (Lipinski definition) is 1. The van der Waals surface area contributed by atoms with Crippen molar-refractivity contribution in [2.24, 2.45) is 0 Å². The summed E-state index contributed by atoms with van der Waals surface area (Å²) in [7, 11) is 1.54. The van der Waals surface area contributed by atoms with Crippen LogP contribution in [0.4, 0.5) is 5.69 Å². The number of fused-ring (bicyclic) bond motifs is 1. The fourth-order valence-electron chi connectivity index (χ4n) is 3.05. The van der Waals surface area contributed by atoms with Gasteiger partial charge in [0.25, 0.3) is 5.56 Å². The maximum Gasteiger partial charge on any atom is 0.264 e. The molecule has 0 radical (unpaired) electrons. The average molecular weight is 389 g/mol. The predicted molar refractivity (Wildman–Crippen MR) is 109 cm³/mol. The molecule has 2 aromatic heterocycles. The monoisotopic (exact) mass is 389 g/mol. The number of ether oxygens (including phenoxy) is 1. The first-order valence-corrected chi connectivity index (χ1v) is 9.09.